The Hall–Kier alpha value is -1.77. The molecule has 19 heavy (non-hydrogen) atoms. The molecule has 1 heterocycles. The van der Waals surface area contributed by atoms with Crippen molar-refractivity contribution < 1.29 is 18.7 Å². The van der Waals surface area contributed by atoms with Gasteiger partial charge in [0.2, 0.25) is 5.95 Å². The van der Waals surface area contributed by atoms with E-state index in [1.54, 1.807) is 0 Å². The van der Waals surface area contributed by atoms with Crippen molar-refractivity contribution in [3.8, 4) is 11.1 Å². The first-order chi connectivity index (χ1) is 8.91. The number of pyridine rings is 1. The van der Waals surface area contributed by atoms with Crippen LogP contribution in [0.25, 0.3) is 11.1 Å². The molecule has 0 aliphatic rings. The highest BCUT2D eigenvalue weighted by molar-refractivity contribution is 14.1. The van der Waals surface area contributed by atoms with Gasteiger partial charge < -0.3 is 10.8 Å². The maximum Gasteiger partial charge on any atom is 0.338 e. The van der Waals surface area contributed by atoms with Crippen molar-refractivity contribution >= 4 is 34.2 Å². The average Bonchev–Trinajstić information content (AvgIpc) is 2.32. The second-order valence-corrected chi connectivity index (χ2v) is 4.93. The number of nitrogens with zero attached hydrogens (tertiary/aromatic N) is 1. The smallest absolute Gasteiger partial charge is 0.338 e. The molecule has 1 aromatic heterocycles. The predicted octanol–water partition coefficient (Wildman–Crippen LogP) is 2.91. The third-order valence-corrected chi connectivity index (χ3v) is 3.15. The largest absolute Gasteiger partial charge is 0.478 e. The van der Waals surface area contributed by atoms with E-state index in [4.69, 9.17) is 10.8 Å². The van der Waals surface area contributed by atoms with Gasteiger partial charge >= 0.3 is 5.97 Å². The molecule has 0 saturated heterocycles. The fourth-order valence-corrected chi connectivity index (χ4v) is 2.12. The first kappa shape index (κ1) is 13.7. The van der Waals surface area contributed by atoms with Crippen LogP contribution in [0.1, 0.15) is 10.4 Å². The fraction of sp³-hybridized carbons (Fsp3) is 0. The number of carboxylic acid groups (broad SMARTS) is 1. The van der Waals surface area contributed by atoms with E-state index in [0.29, 0.717) is 3.57 Å². The summed E-state index contributed by atoms with van der Waals surface area (Å²) in [5.74, 6) is -3.25. The van der Waals surface area contributed by atoms with Crippen LogP contribution in [0.3, 0.4) is 0 Å². The van der Waals surface area contributed by atoms with Gasteiger partial charge in [-0.1, -0.05) is 6.07 Å². The number of hydrogen-bond acceptors (Lipinski definition) is 3. The van der Waals surface area contributed by atoms with E-state index >= 15 is 0 Å². The molecule has 0 fully saturated rings. The van der Waals surface area contributed by atoms with Crippen LogP contribution in [0.15, 0.2) is 24.4 Å². The third kappa shape index (κ3) is 2.50. The highest BCUT2D eigenvalue weighted by atomic mass is 127. The zero-order chi connectivity index (χ0) is 14.2. The minimum Gasteiger partial charge on any atom is -0.478 e. The molecular weight excluding hydrogens is 369 g/mol. The van der Waals surface area contributed by atoms with Crippen molar-refractivity contribution in [2.45, 2.75) is 0 Å². The molecule has 0 atom stereocenters. The van der Waals surface area contributed by atoms with Crippen molar-refractivity contribution in [3.63, 3.8) is 0 Å². The first-order valence-corrected chi connectivity index (χ1v) is 6.12. The standard InChI is InChI=1S/C12H7F2IN2O2/c13-7-3-5(15)1-2-6(7)9-10(12(18)19)8(16)4-17-11(9)14/h1-4H,16H2,(H,18,19). The van der Waals surface area contributed by atoms with Crippen LogP contribution < -0.4 is 5.73 Å². The lowest BCUT2D eigenvalue weighted by Crippen LogP contribution is -2.09. The molecule has 98 valence electrons. The highest BCUT2D eigenvalue weighted by Gasteiger charge is 2.23. The van der Waals surface area contributed by atoms with Gasteiger partial charge in [-0.15, -0.1) is 0 Å². The molecule has 0 saturated carbocycles. The molecular formula is C12H7F2IN2O2. The summed E-state index contributed by atoms with van der Waals surface area (Å²) in [7, 11) is 0. The number of carbonyl (C=O) groups is 1. The number of nitrogen functional groups attached to an aromatic ring is 1. The number of rotatable bonds is 2. The van der Waals surface area contributed by atoms with Crippen LogP contribution in [-0.2, 0) is 0 Å². The molecule has 4 nitrogen and oxygen atoms in total. The molecule has 0 radical (unpaired) electrons. The zero-order valence-corrected chi connectivity index (χ0v) is 11.5. The van der Waals surface area contributed by atoms with Gasteiger partial charge in [-0.05, 0) is 34.7 Å². The maximum atomic E-state index is 13.9. The Labute approximate surface area is 120 Å². The third-order valence-electron chi connectivity index (χ3n) is 2.48. The van der Waals surface area contributed by atoms with Gasteiger partial charge in [-0.2, -0.15) is 4.39 Å². The molecule has 0 aliphatic carbocycles. The van der Waals surface area contributed by atoms with E-state index in [1.807, 2.05) is 22.6 Å². The topological polar surface area (TPSA) is 76.2 Å². The summed E-state index contributed by atoms with van der Waals surface area (Å²) in [4.78, 5) is 14.5. The van der Waals surface area contributed by atoms with E-state index in [2.05, 4.69) is 4.98 Å². The van der Waals surface area contributed by atoms with Crippen molar-refractivity contribution in [1.82, 2.24) is 4.98 Å². The predicted molar refractivity (Wildman–Crippen MR) is 73.7 cm³/mol. The molecule has 2 rings (SSSR count). The molecule has 2 aromatic rings. The second kappa shape index (κ2) is 5.08. The number of halogens is 3. The number of hydrogen-bond donors (Lipinski definition) is 2. The summed E-state index contributed by atoms with van der Waals surface area (Å²) in [5.41, 5.74) is 4.13. The molecule has 0 spiro atoms. The summed E-state index contributed by atoms with van der Waals surface area (Å²) in [6, 6.07) is 4.00. The Morgan fingerprint density at radius 1 is 1.37 bits per heavy atom. The lowest BCUT2D eigenvalue weighted by atomic mass is 10.00. The number of benzene rings is 1. The van der Waals surface area contributed by atoms with Crippen LogP contribution in [-0.4, -0.2) is 16.1 Å². The van der Waals surface area contributed by atoms with E-state index < -0.39 is 28.9 Å². The molecule has 0 bridgehead atoms. The monoisotopic (exact) mass is 376 g/mol. The quantitative estimate of drug-likeness (QED) is 0.625. The van der Waals surface area contributed by atoms with E-state index in [1.165, 1.54) is 18.2 Å². The Morgan fingerprint density at radius 2 is 2.05 bits per heavy atom. The maximum absolute atomic E-state index is 13.9. The minimum absolute atomic E-state index is 0.185. The summed E-state index contributed by atoms with van der Waals surface area (Å²) in [6.45, 7) is 0. The summed E-state index contributed by atoms with van der Waals surface area (Å²) < 4.78 is 28.2. The molecule has 0 aliphatic heterocycles. The van der Waals surface area contributed by atoms with Crippen molar-refractivity contribution in [2.75, 3.05) is 5.73 Å². The van der Waals surface area contributed by atoms with Gasteiger partial charge in [0.05, 0.1) is 23.0 Å². The molecule has 7 heteroatoms. The zero-order valence-electron chi connectivity index (χ0n) is 9.32. The second-order valence-electron chi connectivity index (χ2n) is 3.68. The van der Waals surface area contributed by atoms with Crippen molar-refractivity contribution in [2.24, 2.45) is 0 Å². The SMILES string of the molecule is Nc1cnc(F)c(-c2ccc(I)cc2F)c1C(=O)O. The number of anilines is 1. The Morgan fingerprint density at radius 3 is 2.63 bits per heavy atom. The number of carboxylic acids is 1. The van der Waals surface area contributed by atoms with Crippen LogP contribution >= 0.6 is 22.6 Å². The Balaban J connectivity index is 2.81. The average molecular weight is 376 g/mol. The van der Waals surface area contributed by atoms with Crippen molar-refractivity contribution in [3.05, 3.63) is 45.3 Å². The van der Waals surface area contributed by atoms with Gasteiger partial charge in [0.25, 0.3) is 0 Å². The fourth-order valence-electron chi connectivity index (χ4n) is 1.67. The van der Waals surface area contributed by atoms with Gasteiger partial charge in [-0.25, -0.2) is 14.2 Å². The molecule has 1 aromatic carbocycles. The first-order valence-electron chi connectivity index (χ1n) is 5.04. The number of aromatic nitrogens is 1. The van der Waals surface area contributed by atoms with E-state index in [-0.39, 0.29) is 11.3 Å². The highest BCUT2D eigenvalue weighted by Crippen LogP contribution is 2.32. The summed E-state index contributed by atoms with van der Waals surface area (Å²) in [6.07, 6.45) is 0.896. The van der Waals surface area contributed by atoms with E-state index in [9.17, 15) is 13.6 Å². The van der Waals surface area contributed by atoms with Gasteiger partial charge in [0.1, 0.15) is 5.82 Å². The number of nitrogens with two attached hydrogens (primary N) is 1. The van der Waals surface area contributed by atoms with Crippen LogP contribution in [0.5, 0.6) is 0 Å². The normalized spacial score (nSPS) is 10.5. The Kier molecular flexibility index (Phi) is 3.65. The molecule has 0 unspecified atom stereocenters. The van der Waals surface area contributed by atoms with Gasteiger partial charge in [-0.3, -0.25) is 0 Å². The Bertz CT molecular complexity index is 677. The van der Waals surface area contributed by atoms with Crippen LogP contribution in [0.4, 0.5) is 14.5 Å². The lowest BCUT2D eigenvalue weighted by Gasteiger charge is -2.10. The number of aromatic carboxylic acids is 1. The van der Waals surface area contributed by atoms with E-state index in [0.717, 1.165) is 6.20 Å². The molecule has 0 amide bonds. The summed E-state index contributed by atoms with van der Waals surface area (Å²) in [5, 5.41) is 9.08. The summed E-state index contributed by atoms with van der Waals surface area (Å²) >= 11 is 1.89. The van der Waals surface area contributed by atoms with Gasteiger partial charge in [0.15, 0.2) is 0 Å². The lowest BCUT2D eigenvalue weighted by molar-refractivity contribution is 0.0698. The van der Waals surface area contributed by atoms with Gasteiger partial charge in [0, 0.05) is 9.13 Å². The van der Waals surface area contributed by atoms with Crippen molar-refractivity contribution in [1.29, 1.82) is 0 Å². The van der Waals surface area contributed by atoms with Crippen LogP contribution in [0.2, 0.25) is 0 Å². The molecule has 3 N–H and O–H groups in total. The van der Waals surface area contributed by atoms with Crippen LogP contribution in [0, 0.1) is 15.3 Å². The minimum atomic E-state index is -1.44.